The van der Waals surface area contributed by atoms with Crippen LogP contribution in [-0.2, 0) is 0 Å². The molecule has 0 aliphatic heterocycles. The first-order valence-electron chi connectivity index (χ1n) is 7.15. The van der Waals surface area contributed by atoms with Gasteiger partial charge in [-0.05, 0) is 23.8 Å². The van der Waals surface area contributed by atoms with E-state index in [4.69, 9.17) is 0 Å². The van der Waals surface area contributed by atoms with Crippen molar-refractivity contribution in [2.45, 2.75) is 0 Å². The van der Waals surface area contributed by atoms with E-state index in [1.807, 2.05) is 54.6 Å². The number of hydrogen-bond donors (Lipinski definition) is 0. The third kappa shape index (κ3) is 3.45. The summed E-state index contributed by atoms with van der Waals surface area (Å²) in [5, 5.41) is 9.31. The molecule has 0 spiro atoms. The Morgan fingerprint density at radius 2 is 1.57 bits per heavy atom. The maximum absolute atomic E-state index is 12.4. The van der Waals surface area contributed by atoms with Crippen molar-refractivity contribution in [3.05, 3.63) is 88.8 Å². The molecule has 0 atom stereocenters. The maximum atomic E-state index is 12.4. The van der Waals surface area contributed by atoms with Crippen LogP contribution in [0.4, 0.5) is 0 Å². The SMILES string of the molecule is N#C/C(=C\c1ccc(-c2ccccc2)s1)C(=O)c1ccccc1. The van der Waals surface area contributed by atoms with Crippen LogP contribution in [-0.4, -0.2) is 5.78 Å². The molecule has 0 amide bonds. The molecule has 110 valence electrons. The maximum Gasteiger partial charge on any atom is 0.203 e. The molecule has 0 saturated carbocycles. The van der Waals surface area contributed by atoms with Gasteiger partial charge in [-0.2, -0.15) is 5.26 Å². The van der Waals surface area contributed by atoms with E-state index in [1.54, 1.807) is 41.7 Å². The quantitative estimate of drug-likeness (QED) is 0.377. The second-order valence-electron chi connectivity index (χ2n) is 4.93. The van der Waals surface area contributed by atoms with E-state index < -0.39 is 0 Å². The van der Waals surface area contributed by atoms with Gasteiger partial charge in [-0.1, -0.05) is 60.7 Å². The monoisotopic (exact) mass is 315 g/mol. The highest BCUT2D eigenvalue weighted by Gasteiger charge is 2.12. The number of rotatable bonds is 4. The van der Waals surface area contributed by atoms with E-state index in [9.17, 15) is 10.1 Å². The molecule has 3 aromatic rings. The third-order valence-electron chi connectivity index (χ3n) is 3.37. The van der Waals surface area contributed by atoms with Crippen LogP contribution in [0.2, 0.25) is 0 Å². The van der Waals surface area contributed by atoms with E-state index in [-0.39, 0.29) is 11.4 Å². The first kappa shape index (κ1) is 15.0. The summed E-state index contributed by atoms with van der Waals surface area (Å²) in [5.41, 5.74) is 1.81. The van der Waals surface area contributed by atoms with Crippen LogP contribution in [0.5, 0.6) is 0 Å². The Bertz CT molecular complexity index is 886. The van der Waals surface area contributed by atoms with Crippen molar-refractivity contribution >= 4 is 23.2 Å². The predicted molar refractivity (Wildman–Crippen MR) is 94.1 cm³/mol. The van der Waals surface area contributed by atoms with E-state index >= 15 is 0 Å². The molecule has 0 N–H and O–H groups in total. The first-order valence-corrected chi connectivity index (χ1v) is 7.96. The standard InChI is InChI=1S/C20H13NOS/c21-14-17(20(22)16-9-5-2-6-10-16)13-18-11-12-19(23-18)15-7-3-1-4-8-15/h1-13H/b17-13+. The predicted octanol–water partition coefficient (Wildman–Crippen LogP) is 5.20. The number of carbonyl (C=O) groups excluding carboxylic acids is 1. The summed E-state index contributed by atoms with van der Waals surface area (Å²) in [4.78, 5) is 14.4. The summed E-state index contributed by atoms with van der Waals surface area (Å²) in [5.74, 6) is -0.247. The molecular weight excluding hydrogens is 302 g/mol. The molecule has 3 rings (SSSR count). The van der Waals surface area contributed by atoms with Crippen molar-refractivity contribution in [1.82, 2.24) is 0 Å². The number of allylic oxidation sites excluding steroid dienone is 1. The number of carbonyl (C=O) groups is 1. The number of nitrogens with zero attached hydrogens (tertiary/aromatic N) is 1. The lowest BCUT2D eigenvalue weighted by atomic mass is 10.0. The summed E-state index contributed by atoms with van der Waals surface area (Å²) in [6.07, 6.45) is 1.66. The fourth-order valence-corrected chi connectivity index (χ4v) is 3.18. The summed E-state index contributed by atoms with van der Waals surface area (Å²) in [7, 11) is 0. The fourth-order valence-electron chi connectivity index (χ4n) is 2.22. The number of nitriles is 1. The van der Waals surface area contributed by atoms with Crippen LogP contribution >= 0.6 is 11.3 Å². The van der Waals surface area contributed by atoms with Gasteiger partial charge in [0.2, 0.25) is 5.78 Å². The highest BCUT2D eigenvalue weighted by molar-refractivity contribution is 7.16. The lowest BCUT2D eigenvalue weighted by Gasteiger charge is -1.98. The van der Waals surface area contributed by atoms with Crippen LogP contribution in [0.15, 0.2) is 78.4 Å². The molecule has 0 aliphatic rings. The largest absolute Gasteiger partial charge is 0.288 e. The van der Waals surface area contributed by atoms with Crippen molar-refractivity contribution in [1.29, 1.82) is 5.26 Å². The number of Topliss-reactive ketones (excluding diaryl/α,β-unsaturated/α-hetero) is 1. The first-order chi connectivity index (χ1) is 11.3. The zero-order valence-electron chi connectivity index (χ0n) is 12.3. The van der Waals surface area contributed by atoms with Gasteiger partial charge in [-0.25, -0.2) is 0 Å². The second-order valence-corrected chi connectivity index (χ2v) is 6.05. The molecule has 2 aromatic carbocycles. The fraction of sp³-hybridized carbons (Fsp3) is 0. The van der Waals surface area contributed by atoms with Crippen LogP contribution in [0.25, 0.3) is 16.5 Å². The zero-order valence-corrected chi connectivity index (χ0v) is 13.1. The second kappa shape index (κ2) is 6.87. The number of hydrogen-bond acceptors (Lipinski definition) is 3. The Morgan fingerprint density at radius 3 is 2.22 bits per heavy atom. The highest BCUT2D eigenvalue weighted by atomic mass is 32.1. The van der Waals surface area contributed by atoms with Gasteiger partial charge in [0.05, 0.1) is 0 Å². The number of ketones is 1. The van der Waals surface area contributed by atoms with Crippen molar-refractivity contribution in [2.75, 3.05) is 0 Å². The molecule has 23 heavy (non-hydrogen) atoms. The minimum Gasteiger partial charge on any atom is -0.288 e. The van der Waals surface area contributed by atoms with Crippen LogP contribution in [0.1, 0.15) is 15.2 Å². The van der Waals surface area contributed by atoms with E-state index in [1.165, 1.54) is 0 Å². The van der Waals surface area contributed by atoms with Crippen molar-refractivity contribution < 1.29 is 4.79 Å². The van der Waals surface area contributed by atoms with Gasteiger partial charge in [-0.3, -0.25) is 4.79 Å². The molecule has 0 saturated heterocycles. The minimum absolute atomic E-state index is 0.151. The smallest absolute Gasteiger partial charge is 0.203 e. The molecule has 0 radical (unpaired) electrons. The van der Waals surface area contributed by atoms with Gasteiger partial charge >= 0.3 is 0 Å². The summed E-state index contributed by atoms with van der Waals surface area (Å²) in [6.45, 7) is 0. The third-order valence-corrected chi connectivity index (χ3v) is 4.45. The summed E-state index contributed by atoms with van der Waals surface area (Å²) in [6, 6.07) is 24.9. The zero-order chi connectivity index (χ0) is 16.1. The Balaban J connectivity index is 1.90. The molecule has 2 nitrogen and oxygen atoms in total. The molecule has 0 bridgehead atoms. The topological polar surface area (TPSA) is 40.9 Å². The summed E-state index contributed by atoms with van der Waals surface area (Å²) < 4.78 is 0. The molecule has 1 aromatic heterocycles. The average Bonchev–Trinajstić information content (AvgIpc) is 3.09. The van der Waals surface area contributed by atoms with Crippen LogP contribution in [0, 0.1) is 11.3 Å². The van der Waals surface area contributed by atoms with Crippen molar-refractivity contribution in [3.63, 3.8) is 0 Å². The van der Waals surface area contributed by atoms with Gasteiger partial charge < -0.3 is 0 Å². The summed E-state index contributed by atoms with van der Waals surface area (Å²) >= 11 is 1.56. The normalized spacial score (nSPS) is 11.0. The molecule has 0 unspecified atom stereocenters. The Morgan fingerprint density at radius 1 is 0.913 bits per heavy atom. The van der Waals surface area contributed by atoms with Crippen LogP contribution < -0.4 is 0 Å². The van der Waals surface area contributed by atoms with Gasteiger partial charge in [0.15, 0.2) is 0 Å². The lowest BCUT2D eigenvalue weighted by Crippen LogP contribution is -2.01. The Labute approximate surface area is 139 Å². The van der Waals surface area contributed by atoms with Crippen molar-refractivity contribution in [3.8, 4) is 16.5 Å². The van der Waals surface area contributed by atoms with Gasteiger partial charge in [0, 0.05) is 15.3 Å². The molecular formula is C20H13NOS. The molecule has 1 heterocycles. The lowest BCUT2D eigenvalue weighted by molar-refractivity contribution is 0.104. The van der Waals surface area contributed by atoms with Crippen LogP contribution in [0.3, 0.4) is 0 Å². The Kier molecular flexibility index (Phi) is 4.46. The average molecular weight is 315 g/mol. The molecule has 3 heteroatoms. The van der Waals surface area contributed by atoms with Gasteiger partial charge in [0.25, 0.3) is 0 Å². The minimum atomic E-state index is -0.247. The van der Waals surface area contributed by atoms with E-state index in [0.717, 1.165) is 15.3 Å². The molecule has 0 fully saturated rings. The highest BCUT2D eigenvalue weighted by Crippen LogP contribution is 2.29. The van der Waals surface area contributed by atoms with Gasteiger partial charge in [-0.15, -0.1) is 11.3 Å². The van der Waals surface area contributed by atoms with E-state index in [0.29, 0.717) is 5.56 Å². The molecule has 0 aliphatic carbocycles. The number of benzene rings is 2. The van der Waals surface area contributed by atoms with Crippen molar-refractivity contribution in [2.24, 2.45) is 0 Å². The van der Waals surface area contributed by atoms with E-state index in [2.05, 4.69) is 0 Å². The Hall–Kier alpha value is -2.96. The number of thiophene rings is 1. The van der Waals surface area contributed by atoms with Gasteiger partial charge in [0.1, 0.15) is 11.6 Å².